The molecular formula is C16H30N2O2. The number of nitrogens with zero attached hydrogens (tertiary/aromatic N) is 1. The Bertz CT molecular complexity index is 314. The molecule has 1 heterocycles. The smallest absolute Gasteiger partial charge is 0.241 e. The van der Waals surface area contributed by atoms with E-state index in [9.17, 15) is 4.79 Å². The number of carbonyl (C=O) groups excluding carboxylic acids is 1. The minimum atomic E-state index is -0.0157. The molecule has 2 rings (SSSR count). The lowest BCUT2D eigenvalue weighted by Crippen LogP contribution is -2.39. The molecule has 0 aromatic rings. The molecule has 1 saturated heterocycles. The van der Waals surface area contributed by atoms with Crippen molar-refractivity contribution in [3.05, 3.63) is 0 Å². The number of nitrogens with one attached hydrogen (secondary N) is 1. The van der Waals surface area contributed by atoms with Crippen molar-refractivity contribution in [2.75, 3.05) is 13.2 Å². The SMILES string of the molecule is CCCC1NC(C(C)C)C(=O)N1CCOC1CCCC1. The Hall–Kier alpha value is -0.610. The van der Waals surface area contributed by atoms with Crippen LogP contribution in [0.5, 0.6) is 0 Å². The molecule has 116 valence electrons. The van der Waals surface area contributed by atoms with E-state index >= 15 is 0 Å². The average Bonchev–Trinajstić information content (AvgIpc) is 3.01. The zero-order chi connectivity index (χ0) is 14.5. The highest BCUT2D eigenvalue weighted by Gasteiger charge is 2.39. The molecule has 1 saturated carbocycles. The van der Waals surface area contributed by atoms with Crippen LogP contribution in [0.25, 0.3) is 0 Å². The van der Waals surface area contributed by atoms with Crippen molar-refractivity contribution < 1.29 is 9.53 Å². The first-order valence-corrected chi connectivity index (χ1v) is 8.31. The molecule has 20 heavy (non-hydrogen) atoms. The minimum Gasteiger partial charge on any atom is -0.376 e. The van der Waals surface area contributed by atoms with Crippen molar-refractivity contribution in [3.8, 4) is 0 Å². The predicted octanol–water partition coefficient (Wildman–Crippen LogP) is 2.53. The molecule has 1 amide bonds. The summed E-state index contributed by atoms with van der Waals surface area (Å²) in [4.78, 5) is 14.5. The van der Waals surface area contributed by atoms with E-state index in [0.717, 1.165) is 19.4 Å². The molecule has 0 bridgehead atoms. The first-order valence-electron chi connectivity index (χ1n) is 8.31. The lowest BCUT2D eigenvalue weighted by Gasteiger charge is -2.24. The number of ether oxygens (including phenoxy) is 1. The summed E-state index contributed by atoms with van der Waals surface area (Å²) in [6.07, 6.45) is 7.73. The largest absolute Gasteiger partial charge is 0.376 e. The Balaban J connectivity index is 1.83. The first-order chi connectivity index (χ1) is 9.63. The molecule has 2 aliphatic rings. The van der Waals surface area contributed by atoms with Gasteiger partial charge in [-0.2, -0.15) is 0 Å². The Morgan fingerprint density at radius 3 is 2.65 bits per heavy atom. The van der Waals surface area contributed by atoms with E-state index in [-0.39, 0.29) is 18.1 Å². The predicted molar refractivity (Wildman–Crippen MR) is 80.4 cm³/mol. The molecule has 1 N–H and O–H groups in total. The van der Waals surface area contributed by atoms with Crippen molar-refractivity contribution in [2.24, 2.45) is 5.92 Å². The van der Waals surface area contributed by atoms with Crippen LogP contribution < -0.4 is 5.32 Å². The third kappa shape index (κ3) is 3.73. The van der Waals surface area contributed by atoms with E-state index in [1.165, 1.54) is 25.7 Å². The standard InChI is InChI=1S/C16H30N2O2/c1-4-7-14-17-15(12(2)3)16(19)18(14)10-11-20-13-8-5-6-9-13/h12-15,17H,4-11H2,1-3H3. The maximum atomic E-state index is 12.5. The molecule has 0 radical (unpaired) electrons. The summed E-state index contributed by atoms with van der Waals surface area (Å²) in [6.45, 7) is 7.80. The van der Waals surface area contributed by atoms with E-state index in [2.05, 4.69) is 26.1 Å². The summed E-state index contributed by atoms with van der Waals surface area (Å²) in [5, 5.41) is 3.49. The van der Waals surface area contributed by atoms with E-state index in [1.54, 1.807) is 0 Å². The van der Waals surface area contributed by atoms with Crippen LogP contribution in [0.3, 0.4) is 0 Å². The van der Waals surface area contributed by atoms with Gasteiger partial charge in [0.15, 0.2) is 0 Å². The van der Waals surface area contributed by atoms with Gasteiger partial charge < -0.3 is 9.64 Å². The van der Waals surface area contributed by atoms with Crippen LogP contribution in [0.4, 0.5) is 0 Å². The summed E-state index contributed by atoms with van der Waals surface area (Å²) in [5.74, 6) is 0.607. The molecule has 0 spiro atoms. The van der Waals surface area contributed by atoms with Gasteiger partial charge in [0.25, 0.3) is 0 Å². The van der Waals surface area contributed by atoms with Crippen molar-refractivity contribution in [1.82, 2.24) is 10.2 Å². The Labute approximate surface area is 123 Å². The zero-order valence-electron chi connectivity index (χ0n) is 13.2. The summed E-state index contributed by atoms with van der Waals surface area (Å²) < 4.78 is 5.91. The van der Waals surface area contributed by atoms with Gasteiger partial charge in [0.2, 0.25) is 5.91 Å². The van der Waals surface area contributed by atoms with Gasteiger partial charge in [0, 0.05) is 6.54 Å². The summed E-state index contributed by atoms with van der Waals surface area (Å²) >= 11 is 0. The van der Waals surface area contributed by atoms with Gasteiger partial charge in [-0.15, -0.1) is 0 Å². The fourth-order valence-corrected chi connectivity index (χ4v) is 3.33. The third-order valence-corrected chi connectivity index (χ3v) is 4.51. The molecule has 2 atom stereocenters. The van der Waals surface area contributed by atoms with Crippen LogP contribution in [0, 0.1) is 5.92 Å². The van der Waals surface area contributed by atoms with Gasteiger partial charge in [-0.25, -0.2) is 0 Å². The summed E-state index contributed by atoms with van der Waals surface area (Å²) in [6, 6.07) is -0.0157. The van der Waals surface area contributed by atoms with E-state index in [0.29, 0.717) is 18.6 Å². The normalized spacial score (nSPS) is 28.0. The van der Waals surface area contributed by atoms with Crippen LogP contribution in [0.2, 0.25) is 0 Å². The van der Waals surface area contributed by atoms with Crippen molar-refractivity contribution >= 4 is 5.91 Å². The molecule has 4 nitrogen and oxygen atoms in total. The number of rotatable bonds is 7. The van der Waals surface area contributed by atoms with Crippen LogP contribution in [-0.4, -0.2) is 42.3 Å². The maximum absolute atomic E-state index is 12.5. The first kappa shape index (κ1) is 15.8. The van der Waals surface area contributed by atoms with Gasteiger partial charge in [-0.05, 0) is 25.2 Å². The molecule has 1 aliphatic heterocycles. The highest BCUT2D eigenvalue weighted by Crippen LogP contribution is 2.22. The molecule has 1 aliphatic carbocycles. The molecule has 0 aromatic carbocycles. The zero-order valence-corrected chi connectivity index (χ0v) is 13.2. The van der Waals surface area contributed by atoms with E-state index in [1.807, 2.05) is 4.90 Å². The van der Waals surface area contributed by atoms with E-state index in [4.69, 9.17) is 4.74 Å². The van der Waals surface area contributed by atoms with Crippen molar-refractivity contribution in [3.63, 3.8) is 0 Å². The van der Waals surface area contributed by atoms with Gasteiger partial charge >= 0.3 is 0 Å². The fraction of sp³-hybridized carbons (Fsp3) is 0.938. The fourth-order valence-electron chi connectivity index (χ4n) is 3.33. The van der Waals surface area contributed by atoms with E-state index < -0.39 is 0 Å². The number of hydrogen-bond acceptors (Lipinski definition) is 3. The monoisotopic (exact) mass is 282 g/mol. The number of hydrogen-bond donors (Lipinski definition) is 1. The molecule has 0 aromatic heterocycles. The van der Waals surface area contributed by atoms with Crippen LogP contribution in [0.15, 0.2) is 0 Å². The Kier molecular flexibility index (Phi) is 5.85. The van der Waals surface area contributed by atoms with Crippen LogP contribution >= 0.6 is 0 Å². The second-order valence-electron chi connectivity index (χ2n) is 6.50. The lowest BCUT2D eigenvalue weighted by molar-refractivity contribution is -0.131. The lowest BCUT2D eigenvalue weighted by atomic mass is 10.1. The quantitative estimate of drug-likeness (QED) is 0.780. The van der Waals surface area contributed by atoms with Gasteiger partial charge in [-0.3, -0.25) is 10.1 Å². The molecule has 4 heteroatoms. The third-order valence-electron chi connectivity index (χ3n) is 4.51. The Morgan fingerprint density at radius 2 is 2.05 bits per heavy atom. The summed E-state index contributed by atoms with van der Waals surface area (Å²) in [7, 11) is 0. The van der Waals surface area contributed by atoms with Gasteiger partial charge in [0.1, 0.15) is 0 Å². The minimum absolute atomic E-state index is 0.0157. The van der Waals surface area contributed by atoms with Crippen LogP contribution in [0.1, 0.15) is 59.3 Å². The average molecular weight is 282 g/mol. The Morgan fingerprint density at radius 1 is 1.35 bits per heavy atom. The highest BCUT2D eigenvalue weighted by atomic mass is 16.5. The number of carbonyl (C=O) groups is 1. The van der Waals surface area contributed by atoms with Gasteiger partial charge in [-0.1, -0.05) is 40.0 Å². The topological polar surface area (TPSA) is 41.6 Å². The molecule has 2 unspecified atom stereocenters. The van der Waals surface area contributed by atoms with Gasteiger partial charge in [0.05, 0.1) is 24.9 Å². The second kappa shape index (κ2) is 7.41. The number of amides is 1. The molecule has 2 fully saturated rings. The van der Waals surface area contributed by atoms with Crippen molar-refractivity contribution in [2.45, 2.75) is 77.6 Å². The highest BCUT2D eigenvalue weighted by molar-refractivity contribution is 5.84. The van der Waals surface area contributed by atoms with Crippen LogP contribution in [-0.2, 0) is 9.53 Å². The second-order valence-corrected chi connectivity index (χ2v) is 6.50. The molecular weight excluding hydrogens is 252 g/mol. The summed E-state index contributed by atoms with van der Waals surface area (Å²) in [5.41, 5.74) is 0. The van der Waals surface area contributed by atoms with Crippen molar-refractivity contribution in [1.29, 1.82) is 0 Å². The maximum Gasteiger partial charge on any atom is 0.241 e.